The molecular weight excluding hydrogens is 924 g/mol. The first-order valence-electron chi connectivity index (χ1n) is 21.8. The second-order valence-electron chi connectivity index (χ2n) is 18.0. The molecule has 0 spiro atoms. The first-order chi connectivity index (χ1) is 31.7. The lowest BCUT2D eigenvalue weighted by Gasteiger charge is -2.29. The van der Waals surface area contributed by atoms with Crippen LogP contribution in [0, 0.1) is 13.8 Å². The number of benzene rings is 4. The molecule has 4 aliphatic heterocycles. The SMILES string of the molecule is Cc1cc(C(C)(C)C)cc(C)c1C(=O)C(=O)NCc1cccc2c1CN(C1CCC(=O)NC1=O)C2=O.O=C1CCC(N2Cc3c(CNC(=O)C(=O)c4ccc(Br)cc4)cccc3C2=O)C(=O)N1. The molecule has 0 saturated carbocycles. The summed E-state index contributed by atoms with van der Waals surface area (Å²) < 4.78 is 0.801. The molecule has 346 valence electrons. The average Bonchev–Trinajstić information content (AvgIpc) is 3.80. The van der Waals surface area contributed by atoms with Crippen molar-refractivity contribution in [2.45, 2.75) is 104 Å². The molecule has 0 bridgehead atoms. The van der Waals surface area contributed by atoms with Crippen molar-refractivity contribution in [2.75, 3.05) is 0 Å². The number of ketones is 2. The van der Waals surface area contributed by atoms with Crippen molar-refractivity contribution >= 4 is 74.8 Å². The monoisotopic (exact) mass is 972 g/mol. The van der Waals surface area contributed by atoms with Crippen LogP contribution in [0.5, 0.6) is 0 Å². The molecule has 2 fully saturated rings. The summed E-state index contributed by atoms with van der Waals surface area (Å²) in [7, 11) is 0. The van der Waals surface area contributed by atoms with Gasteiger partial charge in [-0.3, -0.25) is 58.6 Å². The molecule has 0 aliphatic carbocycles. The molecule has 4 heterocycles. The van der Waals surface area contributed by atoms with E-state index >= 15 is 0 Å². The maximum Gasteiger partial charge on any atom is 0.292 e. The Kier molecular flexibility index (Phi) is 13.8. The minimum atomic E-state index is -0.744. The molecule has 8 rings (SSSR count). The third-order valence-electron chi connectivity index (χ3n) is 12.4. The predicted octanol–water partition coefficient (Wildman–Crippen LogP) is 4.57. The Morgan fingerprint density at radius 3 is 1.49 bits per heavy atom. The van der Waals surface area contributed by atoms with E-state index in [1.807, 2.05) is 26.0 Å². The van der Waals surface area contributed by atoms with E-state index in [1.54, 1.807) is 60.7 Å². The zero-order chi connectivity index (χ0) is 48.5. The number of nitrogens with one attached hydrogen (secondary N) is 4. The quantitative estimate of drug-likeness (QED) is 0.0984. The molecule has 0 radical (unpaired) electrons. The maximum atomic E-state index is 13.0. The lowest BCUT2D eigenvalue weighted by Crippen LogP contribution is -2.52. The highest BCUT2D eigenvalue weighted by Gasteiger charge is 2.41. The fourth-order valence-corrected chi connectivity index (χ4v) is 9.01. The number of imide groups is 2. The van der Waals surface area contributed by atoms with Gasteiger partial charge in [-0.1, -0.05) is 73.1 Å². The summed E-state index contributed by atoms with van der Waals surface area (Å²) in [6.45, 7) is 10.5. The molecule has 2 unspecified atom stereocenters. The summed E-state index contributed by atoms with van der Waals surface area (Å²) in [5, 5.41) is 9.88. The van der Waals surface area contributed by atoms with Gasteiger partial charge in [0.2, 0.25) is 29.4 Å². The third-order valence-corrected chi connectivity index (χ3v) is 12.9. The van der Waals surface area contributed by atoms with Gasteiger partial charge in [0.25, 0.3) is 29.4 Å². The first-order valence-corrected chi connectivity index (χ1v) is 22.6. The molecule has 17 heteroatoms. The van der Waals surface area contributed by atoms with Crippen molar-refractivity contribution in [1.29, 1.82) is 0 Å². The van der Waals surface area contributed by atoms with E-state index in [1.165, 1.54) is 9.80 Å². The van der Waals surface area contributed by atoms with Gasteiger partial charge in [0.15, 0.2) is 0 Å². The number of aryl methyl sites for hydroxylation is 2. The van der Waals surface area contributed by atoms with Gasteiger partial charge in [-0.25, -0.2) is 0 Å². The van der Waals surface area contributed by atoms with Gasteiger partial charge in [0.1, 0.15) is 12.1 Å². The fraction of sp³-hybridized carbons (Fsp3) is 0.320. The zero-order valence-electron chi connectivity index (χ0n) is 37.6. The Morgan fingerprint density at radius 2 is 1.07 bits per heavy atom. The van der Waals surface area contributed by atoms with E-state index in [0.29, 0.717) is 38.9 Å². The number of rotatable bonds is 10. The first kappa shape index (κ1) is 47.8. The number of hydrogen-bond acceptors (Lipinski definition) is 10. The van der Waals surface area contributed by atoms with Gasteiger partial charge in [0, 0.05) is 65.7 Å². The number of halogens is 1. The topological polar surface area (TPSA) is 225 Å². The smallest absolute Gasteiger partial charge is 0.292 e. The van der Waals surface area contributed by atoms with Crippen molar-refractivity contribution in [3.63, 3.8) is 0 Å². The van der Waals surface area contributed by atoms with Crippen LogP contribution in [0.1, 0.15) is 127 Å². The van der Waals surface area contributed by atoms with Crippen molar-refractivity contribution in [3.05, 3.63) is 138 Å². The van der Waals surface area contributed by atoms with Crippen LogP contribution in [0.15, 0.2) is 77.3 Å². The maximum absolute atomic E-state index is 13.0. The molecule has 4 aromatic rings. The van der Waals surface area contributed by atoms with Gasteiger partial charge in [0.05, 0.1) is 0 Å². The number of piperidine rings is 2. The number of nitrogens with zero attached hydrogens (tertiary/aromatic N) is 2. The summed E-state index contributed by atoms with van der Waals surface area (Å²) in [5.41, 5.74) is 6.93. The Hall–Kier alpha value is -7.14. The number of hydrogen-bond donors (Lipinski definition) is 4. The lowest BCUT2D eigenvalue weighted by molar-refractivity contribution is -0.138. The highest BCUT2D eigenvalue weighted by molar-refractivity contribution is 9.10. The number of Topliss-reactive ketones (excluding diaryl/α,β-unsaturated/α-hetero) is 2. The number of carbonyl (C=O) groups excluding carboxylic acids is 10. The number of fused-ring (bicyclic) bond motifs is 2. The largest absolute Gasteiger partial charge is 0.345 e. The van der Waals surface area contributed by atoms with Crippen molar-refractivity contribution in [3.8, 4) is 0 Å². The molecule has 4 aromatic carbocycles. The van der Waals surface area contributed by atoms with Crippen LogP contribution >= 0.6 is 15.9 Å². The van der Waals surface area contributed by atoms with Crippen LogP contribution in [0.3, 0.4) is 0 Å². The Morgan fingerprint density at radius 1 is 0.642 bits per heavy atom. The van der Waals surface area contributed by atoms with Crippen LogP contribution in [-0.2, 0) is 60.4 Å². The molecule has 0 aromatic heterocycles. The molecule has 4 N–H and O–H groups in total. The molecular formula is C50H49BrN6O10. The standard InChI is InChI=1S/C28H31N3O5.C22H18BrN3O5/c1-15-11-18(28(3,4)5)12-16(2)23(15)24(33)26(35)29-13-17-7-6-8-19-20(17)14-31(27(19)36)21-9-10-22(32)30-25(21)34;23-14-6-4-12(5-7-14)19(28)21(30)24-10-13-2-1-3-15-16(13)11-26(22(15)31)17-8-9-18(27)25-20(17)29/h6-8,11-12,21H,9-10,13-14H2,1-5H3,(H,29,35)(H,30,32,34);1-7,17H,8-11H2,(H,24,30)(H,25,27,29). The predicted molar refractivity (Wildman–Crippen MR) is 246 cm³/mol. The van der Waals surface area contributed by atoms with E-state index in [-0.39, 0.29) is 86.5 Å². The molecule has 16 nitrogen and oxygen atoms in total. The fourth-order valence-electron chi connectivity index (χ4n) is 8.74. The highest BCUT2D eigenvalue weighted by Crippen LogP contribution is 2.32. The Labute approximate surface area is 394 Å². The van der Waals surface area contributed by atoms with E-state index in [0.717, 1.165) is 21.2 Å². The normalized spacial score (nSPS) is 17.8. The summed E-state index contributed by atoms with van der Waals surface area (Å²) in [4.78, 5) is 127. The Balaban J connectivity index is 0.000000201. The van der Waals surface area contributed by atoms with Gasteiger partial charge in [-0.2, -0.15) is 0 Å². The minimum Gasteiger partial charge on any atom is -0.345 e. The van der Waals surface area contributed by atoms with E-state index in [2.05, 4.69) is 58.0 Å². The van der Waals surface area contributed by atoms with Crippen LogP contribution in [0.4, 0.5) is 0 Å². The molecule has 2 atom stereocenters. The van der Waals surface area contributed by atoms with Gasteiger partial charge in [-0.05, 0) is 107 Å². The van der Waals surface area contributed by atoms with E-state index in [4.69, 9.17) is 0 Å². The second kappa shape index (κ2) is 19.4. The van der Waals surface area contributed by atoms with E-state index < -0.39 is 47.3 Å². The van der Waals surface area contributed by atoms with Gasteiger partial charge in [-0.15, -0.1) is 0 Å². The van der Waals surface area contributed by atoms with Gasteiger partial charge >= 0.3 is 0 Å². The summed E-state index contributed by atoms with van der Waals surface area (Å²) in [6, 6.07) is 19.3. The number of carbonyl (C=O) groups is 10. The van der Waals surface area contributed by atoms with Crippen molar-refractivity contribution in [2.24, 2.45) is 0 Å². The van der Waals surface area contributed by atoms with Crippen LogP contribution in [-0.4, -0.2) is 80.7 Å². The summed E-state index contributed by atoms with van der Waals surface area (Å²) >= 11 is 3.28. The lowest BCUT2D eigenvalue weighted by atomic mass is 9.83. The van der Waals surface area contributed by atoms with Gasteiger partial charge < -0.3 is 20.4 Å². The summed E-state index contributed by atoms with van der Waals surface area (Å²) in [5.74, 6) is -4.92. The third kappa shape index (κ3) is 10.2. The minimum absolute atomic E-state index is 0.0702. The second-order valence-corrected chi connectivity index (χ2v) is 18.9. The Bertz CT molecular complexity index is 2770. The zero-order valence-corrected chi connectivity index (χ0v) is 39.2. The van der Waals surface area contributed by atoms with Crippen LogP contribution in [0.25, 0.3) is 0 Å². The highest BCUT2D eigenvalue weighted by atomic mass is 79.9. The van der Waals surface area contributed by atoms with Crippen molar-refractivity contribution < 1.29 is 47.9 Å². The molecule has 8 amide bonds. The summed E-state index contributed by atoms with van der Waals surface area (Å²) in [6.07, 6.45) is 0.907. The number of amides is 8. The van der Waals surface area contributed by atoms with Crippen LogP contribution in [0.2, 0.25) is 0 Å². The van der Waals surface area contributed by atoms with E-state index in [9.17, 15) is 47.9 Å². The average molecular weight is 974 g/mol. The molecule has 67 heavy (non-hydrogen) atoms. The van der Waals surface area contributed by atoms with Crippen LogP contribution < -0.4 is 21.3 Å². The molecule has 2 saturated heterocycles. The van der Waals surface area contributed by atoms with Crippen molar-refractivity contribution in [1.82, 2.24) is 31.1 Å². The molecule has 4 aliphatic rings.